The predicted octanol–water partition coefficient (Wildman–Crippen LogP) is 4.20. The van der Waals surface area contributed by atoms with E-state index in [0.29, 0.717) is 16.7 Å². The Morgan fingerprint density at radius 3 is 2.80 bits per heavy atom. The van der Waals surface area contributed by atoms with Crippen molar-refractivity contribution in [2.24, 2.45) is 0 Å². The molecule has 1 amide bonds. The number of anilines is 1. The van der Waals surface area contributed by atoms with Gasteiger partial charge in [-0.2, -0.15) is 4.98 Å². The molecule has 0 aliphatic carbocycles. The van der Waals surface area contributed by atoms with Crippen molar-refractivity contribution >= 4 is 38.9 Å². The van der Waals surface area contributed by atoms with Gasteiger partial charge in [0.1, 0.15) is 0 Å². The zero-order valence-electron chi connectivity index (χ0n) is 16.5. The van der Waals surface area contributed by atoms with E-state index >= 15 is 0 Å². The number of nitrogens with one attached hydrogen (secondary N) is 1. The molecule has 0 unspecified atom stereocenters. The molecule has 0 fully saturated rings. The Balaban J connectivity index is 1.35. The lowest BCUT2D eigenvalue weighted by Crippen LogP contribution is -2.15. The summed E-state index contributed by atoms with van der Waals surface area (Å²) < 4.78 is 1.65. The minimum absolute atomic E-state index is 0.0605. The SMILES string of the molecule is Cc1cc(C)n2nc(CC(=O)Nc3nc(-c4cccc5ccccc45)cs3)nc2n1. The normalized spacial score (nSPS) is 11.3. The fourth-order valence-electron chi connectivity index (χ4n) is 3.49. The fourth-order valence-corrected chi connectivity index (χ4v) is 4.22. The van der Waals surface area contributed by atoms with E-state index in [1.165, 1.54) is 11.3 Å². The second-order valence-electron chi connectivity index (χ2n) is 7.07. The first kappa shape index (κ1) is 18.4. The second kappa shape index (κ2) is 7.31. The molecule has 30 heavy (non-hydrogen) atoms. The van der Waals surface area contributed by atoms with Gasteiger partial charge in [-0.05, 0) is 30.7 Å². The molecule has 0 saturated carbocycles. The van der Waals surface area contributed by atoms with Crippen LogP contribution in [0.2, 0.25) is 0 Å². The summed E-state index contributed by atoms with van der Waals surface area (Å²) in [5, 5.41) is 12.0. The number of amides is 1. The monoisotopic (exact) mass is 414 g/mol. The van der Waals surface area contributed by atoms with E-state index < -0.39 is 0 Å². The van der Waals surface area contributed by atoms with Crippen molar-refractivity contribution < 1.29 is 4.79 Å². The molecule has 5 aromatic rings. The molecule has 0 radical (unpaired) electrons. The molecule has 148 valence electrons. The molecule has 5 rings (SSSR count). The maximum absolute atomic E-state index is 12.5. The van der Waals surface area contributed by atoms with Crippen LogP contribution in [0.1, 0.15) is 17.2 Å². The van der Waals surface area contributed by atoms with Crippen LogP contribution in [0.25, 0.3) is 27.8 Å². The number of fused-ring (bicyclic) bond motifs is 2. The van der Waals surface area contributed by atoms with Crippen LogP contribution >= 0.6 is 11.3 Å². The highest BCUT2D eigenvalue weighted by Gasteiger charge is 2.14. The van der Waals surface area contributed by atoms with Gasteiger partial charge in [-0.25, -0.2) is 14.5 Å². The summed E-state index contributed by atoms with van der Waals surface area (Å²) in [6, 6.07) is 16.3. The molecular weight excluding hydrogens is 396 g/mol. The van der Waals surface area contributed by atoms with Crippen molar-refractivity contribution in [2.75, 3.05) is 5.32 Å². The number of hydrogen-bond acceptors (Lipinski definition) is 6. The topological polar surface area (TPSA) is 85.1 Å². The number of benzene rings is 2. The van der Waals surface area contributed by atoms with Crippen molar-refractivity contribution in [1.29, 1.82) is 0 Å². The van der Waals surface area contributed by atoms with Gasteiger partial charge in [-0.1, -0.05) is 42.5 Å². The number of rotatable bonds is 4. The molecule has 0 bridgehead atoms. The van der Waals surface area contributed by atoms with Crippen molar-refractivity contribution in [1.82, 2.24) is 24.6 Å². The Kier molecular flexibility index (Phi) is 4.48. The lowest BCUT2D eigenvalue weighted by Gasteiger charge is -2.03. The molecule has 3 aromatic heterocycles. The average molecular weight is 414 g/mol. The van der Waals surface area contributed by atoms with Gasteiger partial charge in [-0.3, -0.25) is 4.79 Å². The number of carbonyl (C=O) groups is 1. The number of aryl methyl sites for hydroxylation is 2. The van der Waals surface area contributed by atoms with Crippen molar-refractivity contribution in [3.8, 4) is 11.3 Å². The van der Waals surface area contributed by atoms with Gasteiger partial charge in [0.15, 0.2) is 11.0 Å². The van der Waals surface area contributed by atoms with Crippen molar-refractivity contribution in [3.05, 3.63) is 71.1 Å². The van der Waals surface area contributed by atoms with E-state index in [9.17, 15) is 4.79 Å². The summed E-state index contributed by atoms with van der Waals surface area (Å²) in [6.45, 7) is 3.84. The summed E-state index contributed by atoms with van der Waals surface area (Å²) in [6.07, 6.45) is 0.0605. The maximum Gasteiger partial charge on any atom is 0.252 e. The number of hydrogen-bond donors (Lipinski definition) is 1. The zero-order chi connectivity index (χ0) is 20.7. The van der Waals surface area contributed by atoms with Crippen LogP contribution in [-0.4, -0.2) is 30.5 Å². The third-order valence-electron chi connectivity index (χ3n) is 4.80. The van der Waals surface area contributed by atoms with E-state index in [1.54, 1.807) is 4.52 Å². The maximum atomic E-state index is 12.5. The Morgan fingerprint density at radius 2 is 1.90 bits per heavy atom. The third kappa shape index (κ3) is 3.42. The predicted molar refractivity (Wildman–Crippen MR) is 118 cm³/mol. The first-order chi connectivity index (χ1) is 14.6. The van der Waals surface area contributed by atoms with Gasteiger partial charge >= 0.3 is 0 Å². The van der Waals surface area contributed by atoms with Gasteiger partial charge in [0.2, 0.25) is 5.91 Å². The number of nitrogens with zero attached hydrogens (tertiary/aromatic N) is 5. The summed E-state index contributed by atoms with van der Waals surface area (Å²) >= 11 is 1.40. The smallest absolute Gasteiger partial charge is 0.252 e. The number of aromatic nitrogens is 5. The lowest BCUT2D eigenvalue weighted by atomic mass is 10.0. The molecule has 0 aliphatic rings. The molecular formula is C22H18N6OS. The minimum Gasteiger partial charge on any atom is -0.302 e. The van der Waals surface area contributed by atoms with Crippen molar-refractivity contribution in [3.63, 3.8) is 0 Å². The fraction of sp³-hybridized carbons (Fsp3) is 0.136. The van der Waals surface area contributed by atoms with Crippen LogP contribution in [0.5, 0.6) is 0 Å². The molecule has 2 aromatic carbocycles. The minimum atomic E-state index is -0.209. The van der Waals surface area contributed by atoms with E-state index in [1.807, 2.05) is 49.6 Å². The van der Waals surface area contributed by atoms with E-state index in [2.05, 4.69) is 43.6 Å². The van der Waals surface area contributed by atoms with Gasteiger partial charge in [0, 0.05) is 22.3 Å². The van der Waals surface area contributed by atoms with Crippen LogP contribution < -0.4 is 5.32 Å². The summed E-state index contributed by atoms with van der Waals surface area (Å²) in [5.41, 5.74) is 3.68. The molecule has 3 heterocycles. The largest absolute Gasteiger partial charge is 0.302 e. The summed E-state index contributed by atoms with van der Waals surface area (Å²) in [5.74, 6) is 0.724. The third-order valence-corrected chi connectivity index (χ3v) is 5.55. The Bertz CT molecular complexity index is 1400. The van der Waals surface area contributed by atoms with Gasteiger partial charge in [-0.15, -0.1) is 16.4 Å². The quantitative estimate of drug-likeness (QED) is 0.476. The van der Waals surface area contributed by atoms with Gasteiger partial charge in [0.25, 0.3) is 5.78 Å². The zero-order valence-corrected chi connectivity index (χ0v) is 17.3. The number of carbonyl (C=O) groups excluding carboxylic acids is 1. The average Bonchev–Trinajstić information content (AvgIpc) is 3.34. The molecule has 7 nitrogen and oxygen atoms in total. The van der Waals surface area contributed by atoms with E-state index in [0.717, 1.165) is 33.4 Å². The summed E-state index contributed by atoms with van der Waals surface area (Å²) in [7, 11) is 0. The first-order valence-corrected chi connectivity index (χ1v) is 10.4. The van der Waals surface area contributed by atoms with Crippen LogP contribution in [0, 0.1) is 13.8 Å². The van der Waals surface area contributed by atoms with Gasteiger partial charge < -0.3 is 5.32 Å². The summed E-state index contributed by atoms with van der Waals surface area (Å²) in [4.78, 5) is 25.8. The second-order valence-corrected chi connectivity index (χ2v) is 7.93. The Labute approximate surface area is 176 Å². The van der Waals surface area contributed by atoms with Crippen LogP contribution in [-0.2, 0) is 11.2 Å². The van der Waals surface area contributed by atoms with Gasteiger partial charge in [0.05, 0.1) is 12.1 Å². The van der Waals surface area contributed by atoms with Crippen LogP contribution in [0.15, 0.2) is 53.9 Å². The standard InChI is InChI=1S/C22H18N6OS/c1-13-10-14(2)28-21(23-13)25-19(27-28)11-20(29)26-22-24-18(12-30-22)17-9-5-7-15-6-3-4-8-16(15)17/h3-10,12H,11H2,1-2H3,(H,24,26,29). The molecule has 0 atom stereocenters. The Hall–Kier alpha value is -3.65. The molecule has 0 aliphatic heterocycles. The highest BCUT2D eigenvalue weighted by atomic mass is 32.1. The van der Waals surface area contributed by atoms with Crippen LogP contribution in [0.3, 0.4) is 0 Å². The first-order valence-electron chi connectivity index (χ1n) is 9.50. The number of thiazole rings is 1. The molecule has 1 N–H and O–H groups in total. The molecule has 0 spiro atoms. The van der Waals surface area contributed by atoms with Crippen LogP contribution in [0.4, 0.5) is 5.13 Å². The lowest BCUT2D eigenvalue weighted by molar-refractivity contribution is -0.115. The highest BCUT2D eigenvalue weighted by Crippen LogP contribution is 2.30. The van der Waals surface area contributed by atoms with E-state index in [4.69, 9.17) is 0 Å². The highest BCUT2D eigenvalue weighted by molar-refractivity contribution is 7.14. The Morgan fingerprint density at radius 1 is 1.07 bits per heavy atom. The molecule has 0 saturated heterocycles. The van der Waals surface area contributed by atoms with Crippen molar-refractivity contribution in [2.45, 2.75) is 20.3 Å². The van der Waals surface area contributed by atoms with E-state index in [-0.39, 0.29) is 12.3 Å². The molecule has 8 heteroatoms.